The van der Waals surface area contributed by atoms with E-state index in [-0.39, 0.29) is 28.8 Å². The number of allylic oxidation sites excluding steroid dienone is 2. The Balaban J connectivity index is 2.05. The zero-order valence-corrected chi connectivity index (χ0v) is 14.1. The molecule has 2 aromatic rings. The van der Waals surface area contributed by atoms with E-state index in [1.165, 1.54) is 13.0 Å². The first-order valence-corrected chi connectivity index (χ1v) is 7.80. The fraction of sp³-hybridized carbons (Fsp3) is 0.158. The average molecular weight is 392 g/mol. The van der Waals surface area contributed by atoms with E-state index < -0.39 is 46.2 Å². The summed E-state index contributed by atoms with van der Waals surface area (Å²) >= 11 is 0. The van der Waals surface area contributed by atoms with Crippen LogP contribution in [0.25, 0.3) is 0 Å². The quantitative estimate of drug-likeness (QED) is 0.719. The van der Waals surface area contributed by atoms with Crippen LogP contribution in [0, 0.1) is 23.0 Å². The maximum Gasteiger partial charge on any atom is 0.419 e. The largest absolute Gasteiger partial charge is 0.419 e. The minimum Gasteiger partial charge on any atom is -0.289 e. The Hall–Kier alpha value is -3.41. The zero-order chi connectivity index (χ0) is 20.8. The standard InChI is InChI=1S/C19H9F5N2O2/c1-8-11(6-9-2-4-12(19(22,23)24)14(7-25)26-9)18(28)10-3-5-13(20)16(21)15(10)17(8)27/h2-5H,6H2,1H3. The topological polar surface area (TPSA) is 70.8 Å². The van der Waals surface area contributed by atoms with Gasteiger partial charge in [-0.2, -0.15) is 18.4 Å². The van der Waals surface area contributed by atoms with Crippen molar-refractivity contribution < 1.29 is 31.5 Å². The molecule has 0 N–H and O–H groups in total. The van der Waals surface area contributed by atoms with Gasteiger partial charge in [0.2, 0.25) is 0 Å². The average Bonchev–Trinajstić information content (AvgIpc) is 2.64. The molecule has 1 aromatic heterocycles. The lowest BCUT2D eigenvalue weighted by Crippen LogP contribution is -2.24. The van der Waals surface area contributed by atoms with Gasteiger partial charge >= 0.3 is 6.18 Å². The van der Waals surface area contributed by atoms with Gasteiger partial charge in [-0.05, 0) is 31.2 Å². The number of rotatable bonds is 2. The molecule has 0 saturated carbocycles. The summed E-state index contributed by atoms with van der Waals surface area (Å²) in [5.74, 6) is -4.37. The van der Waals surface area contributed by atoms with Gasteiger partial charge in [-0.25, -0.2) is 13.8 Å². The Labute approximate surface area is 154 Å². The molecule has 0 bridgehead atoms. The Morgan fingerprint density at radius 1 is 1.07 bits per heavy atom. The lowest BCUT2D eigenvalue weighted by molar-refractivity contribution is -0.138. The van der Waals surface area contributed by atoms with Gasteiger partial charge in [-0.3, -0.25) is 9.59 Å². The highest BCUT2D eigenvalue weighted by atomic mass is 19.4. The summed E-state index contributed by atoms with van der Waals surface area (Å²) in [5.41, 5.74) is -3.43. The summed E-state index contributed by atoms with van der Waals surface area (Å²) in [4.78, 5) is 28.7. The number of carbonyl (C=O) groups excluding carboxylic acids is 2. The number of hydrogen-bond donors (Lipinski definition) is 0. The molecule has 1 aromatic carbocycles. The lowest BCUT2D eigenvalue weighted by atomic mass is 9.82. The van der Waals surface area contributed by atoms with Crippen molar-refractivity contribution in [2.75, 3.05) is 0 Å². The Bertz CT molecular complexity index is 1110. The van der Waals surface area contributed by atoms with Crippen LogP contribution in [0.1, 0.15) is 44.6 Å². The molecule has 0 unspecified atom stereocenters. The van der Waals surface area contributed by atoms with Crippen LogP contribution in [0.15, 0.2) is 35.4 Å². The number of carbonyl (C=O) groups is 2. The van der Waals surface area contributed by atoms with E-state index in [0.717, 1.165) is 12.1 Å². The maximum atomic E-state index is 14.0. The number of nitrogens with zero attached hydrogens (tertiary/aromatic N) is 2. The summed E-state index contributed by atoms with van der Waals surface area (Å²) in [6, 6.07) is 4.68. The van der Waals surface area contributed by atoms with Crippen LogP contribution in [0.4, 0.5) is 22.0 Å². The van der Waals surface area contributed by atoms with Crippen LogP contribution >= 0.6 is 0 Å². The second-order valence-corrected chi connectivity index (χ2v) is 6.03. The summed E-state index contributed by atoms with van der Waals surface area (Å²) in [6.07, 6.45) is -5.12. The number of ketones is 2. The number of pyridine rings is 1. The van der Waals surface area contributed by atoms with Crippen molar-refractivity contribution in [3.63, 3.8) is 0 Å². The Morgan fingerprint density at radius 3 is 2.36 bits per heavy atom. The number of fused-ring (bicyclic) bond motifs is 1. The minimum atomic E-state index is -4.77. The molecular weight excluding hydrogens is 383 g/mol. The van der Waals surface area contributed by atoms with E-state index in [1.807, 2.05) is 0 Å². The summed E-state index contributed by atoms with van der Waals surface area (Å²) in [7, 11) is 0. The molecule has 0 amide bonds. The number of aromatic nitrogens is 1. The van der Waals surface area contributed by atoms with E-state index in [4.69, 9.17) is 5.26 Å². The first-order valence-electron chi connectivity index (χ1n) is 7.80. The van der Waals surface area contributed by atoms with Gasteiger partial charge < -0.3 is 0 Å². The van der Waals surface area contributed by atoms with Gasteiger partial charge in [0.1, 0.15) is 6.07 Å². The van der Waals surface area contributed by atoms with Crippen molar-refractivity contribution >= 4 is 11.6 Å². The number of halogens is 5. The molecule has 0 fully saturated rings. The van der Waals surface area contributed by atoms with Crippen molar-refractivity contribution in [3.8, 4) is 6.07 Å². The van der Waals surface area contributed by atoms with Gasteiger partial charge in [-0.15, -0.1) is 0 Å². The van der Waals surface area contributed by atoms with Gasteiger partial charge in [0, 0.05) is 28.8 Å². The lowest BCUT2D eigenvalue weighted by Gasteiger charge is -2.20. The van der Waals surface area contributed by atoms with E-state index in [1.54, 1.807) is 0 Å². The van der Waals surface area contributed by atoms with E-state index in [2.05, 4.69) is 4.98 Å². The molecule has 0 atom stereocenters. The molecule has 0 aliphatic heterocycles. The summed E-state index contributed by atoms with van der Waals surface area (Å²) in [6.45, 7) is 1.23. The second kappa shape index (κ2) is 6.64. The van der Waals surface area contributed by atoms with Crippen molar-refractivity contribution in [1.29, 1.82) is 5.26 Å². The zero-order valence-electron chi connectivity index (χ0n) is 14.1. The molecule has 1 aliphatic carbocycles. The predicted molar refractivity (Wildman–Crippen MR) is 85.4 cm³/mol. The number of nitriles is 1. The normalized spacial score (nSPS) is 14.2. The third kappa shape index (κ3) is 3.07. The predicted octanol–water partition coefficient (Wildman–Crippen LogP) is 4.19. The number of alkyl halides is 3. The highest BCUT2D eigenvalue weighted by molar-refractivity contribution is 6.26. The molecule has 1 aliphatic rings. The van der Waals surface area contributed by atoms with Crippen molar-refractivity contribution in [2.24, 2.45) is 0 Å². The Morgan fingerprint density at radius 2 is 1.75 bits per heavy atom. The van der Waals surface area contributed by atoms with Crippen LogP contribution in [0.3, 0.4) is 0 Å². The van der Waals surface area contributed by atoms with Gasteiger partial charge in [-0.1, -0.05) is 0 Å². The molecule has 0 radical (unpaired) electrons. The minimum absolute atomic E-state index is 0.0499. The van der Waals surface area contributed by atoms with Crippen molar-refractivity contribution in [1.82, 2.24) is 4.98 Å². The number of hydrogen-bond acceptors (Lipinski definition) is 4. The number of Topliss-reactive ketones (excluding diaryl/α,β-unsaturated/α-hetero) is 2. The highest BCUT2D eigenvalue weighted by Gasteiger charge is 2.36. The number of benzene rings is 1. The van der Waals surface area contributed by atoms with Gasteiger partial charge in [0.25, 0.3) is 0 Å². The van der Waals surface area contributed by atoms with Crippen LogP contribution < -0.4 is 0 Å². The first kappa shape index (κ1) is 19.4. The Kier molecular flexibility index (Phi) is 4.59. The summed E-state index contributed by atoms with van der Waals surface area (Å²) in [5, 5.41) is 8.92. The molecule has 3 rings (SSSR count). The van der Waals surface area contributed by atoms with Crippen LogP contribution in [0.5, 0.6) is 0 Å². The van der Waals surface area contributed by atoms with Crippen LogP contribution in [-0.4, -0.2) is 16.6 Å². The van der Waals surface area contributed by atoms with Gasteiger partial charge in [0.05, 0.1) is 11.1 Å². The fourth-order valence-corrected chi connectivity index (χ4v) is 2.93. The second-order valence-electron chi connectivity index (χ2n) is 6.03. The molecule has 0 spiro atoms. The molecule has 1 heterocycles. The van der Waals surface area contributed by atoms with Crippen molar-refractivity contribution in [2.45, 2.75) is 19.5 Å². The van der Waals surface area contributed by atoms with E-state index in [0.29, 0.717) is 12.1 Å². The van der Waals surface area contributed by atoms with E-state index >= 15 is 0 Å². The van der Waals surface area contributed by atoms with E-state index in [9.17, 15) is 31.5 Å². The highest BCUT2D eigenvalue weighted by Crippen LogP contribution is 2.33. The third-order valence-corrected chi connectivity index (χ3v) is 4.36. The fourth-order valence-electron chi connectivity index (χ4n) is 2.93. The van der Waals surface area contributed by atoms with Crippen LogP contribution in [0.2, 0.25) is 0 Å². The van der Waals surface area contributed by atoms with Crippen LogP contribution in [-0.2, 0) is 12.6 Å². The molecule has 142 valence electrons. The molecular formula is C19H9F5N2O2. The molecule has 4 nitrogen and oxygen atoms in total. The summed E-state index contributed by atoms with van der Waals surface area (Å²) < 4.78 is 66.0. The van der Waals surface area contributed by atoms with Crippen molar-refractivity contribution in [3.05, 3.63) is 75.1 Å². The monoisotopic (exact) mass is 392 g/mol. The molecule has 9 heteroatoms. The van der Waals surface area contributed by atoms with Gasteiger partial charge in [0.15, 0.2) is 28.9 Å². The SMILES string of the molecule is CC1=C(Cc2ccc(C(F)(F)F)c(C#N)n2)C(=O)c2ccc(F)c(F)c2C1=O. The molecule has 28 heavy (non-hydrogen) atoms. The smallest absolute Gasteiger partial charge is 0.289 e. The first-order chi connectivity index (χ1) is 13.1. The third-order valence-electron chi connectivity index (χ3n) is 4.36. The molecule has 0 saturated heterocycles. The maximum absolute atomic E-state index is 14.0.